The molecule has 1 aliphatic heterocycles. The van der Waals surface area contributed by atoms with Crippen molar-refractivity contribution in [2.45, 2.75) is 0 Å². The van der Waals surface area contributed by atoms with E-state index in [1.807, 2.05) is 12.1 Å². The Hall–Kier alpha value is -5.34. The van der Waals surface area contributed by atoms with Crippen LogP contribution < -0.4 is 4.74 Å². The zero-order valence-electron chi connectivity index (χ0n) is 21.6. The van der Waals surface area contributed by atoms with Crippen LogP contribution in [0.15, 0.2) is 140 Å². The fourth-order valence-corrected chi connectivity index (χ4v) is 6.57. The molecule has 0 radical (unpaired) electrons. The molecule has 2 nitrogen and oxygen atoms in total. The van der Waals surface area contributed by atoms with Gasteiger partial charge in [-0.2, -0.15) is 0 Å². The number of aromatic nitrogens is 1. The molecule has 0 aliphatic carbocycles. The number of ether oxygens (including phenoxy) is 1. The van der Waals surface area contributed by atoms with Crippen LogP contribution in [0, 0.1) is 0 Å². The molecule has 7 aromatic carbocycles. The van der Waals surface area contributed by atoms with E-state index in [9.17, 15) is 0 Å². The van der Waals surface area contributed by atoms with Gasteiger partial charge in [-0.05, 0) is 81.4 Å². The Balaban J connectivity index is 1.29. The average Bonchev–Trinajstić information content (AvgIpc) is 3.33. The van der Waals surface area contributed by atoms with Gasteiger partial charge in [0.1, 0.15) is 11.5 Å². The number of para-hydroxylation sites is 3. The Kier molecular flexibility index (Phi) is 4.36. The Bertz CT molecular complexity index is 2290. The summed E-state index contributed by atoms with van der Waals surface area (Å²) >= 11 is 0. The molecule has 0 fully saturated rings. The maximum atomic E-state index is 6.34. The van der Waals surface area contributed by atoms with E-state index in [1.165, 1.54) is 65.7 Å². The topological polar surface area (TPSA) is 14.2 Å². The molecule has 0 bridgehead atoms. The molecule has 186 valence electrons. The van der Waals surface area contributed by atoms with Crippen molar-refractivity contribution in [3.8, 4) is 39.4 Å². The molecule has 2 heterocycles. The number of hydrogen-bond donors (Lipinski definition) is 0. The van der Waals surface area contributed by atoms with Crippen LogP contribution in [0.1, 0.15) is 0 Å². The molecular weight excluding hydrogens is 486 g/mol. The van der Waals surface area contributed by atoms with E-state index in [0.29, 0.717) is 0 Å². The molecule has 1 aromatic heterocycles. The van der Waals surface area contributed by atoms with Crippen LogP contribution in [0.2, 0.25) is 0 Å². The standard InChI is InChI=1S/C38H23NO/c1-2-9-27(10-3-1)39-34-15-6-4-11-29(34)33-22-24-17-18-25(21-26(24)23-35(33)39)28-19-20-37-38-31(28)13-8-14-32(38)30-12-5-7-16-36(30)40-37/h1-23H. The lowest BCUT2D eigenvalue weighted by Gasteiger charge is -2.22. The molecule has 0 atom stereocenters. The van der Waals surface area contributed by atoms with Crippen LogP contribution >= 0.6 is 0 Å². The lowest BCUT2D eigenvalue weighted by molar-refractivity contribution is 0.487. The molecular formula is C38H23NO. The summed E-state index contributed by atoms with van der Waals surface area (Å²) in [5.41, 5.74) is 8.42. The van der Waals surface area contributed by atoms with Gasteiger partial charge in [-0.25, -0.2) is 0 Å². The zero-order valence-corrected chi connectivity index (χ0v) is 21.6. The van der Waals surface area contributed by atoms with E-state index in [-0.39, 0.29) is 0 Å². The van der Waals surface area contributed by atoms with E-state index in [1.54, 1.807) is 0 Å². The van der Waals surface area contributed by atoms with E-state index in [2.05, 4.69) is 132 Å². The Morgan fingerprint density at radius 2 is 1.23 bits per heavy atom. The van der Waals surface area contributed by atoms with Crippen molar-refractivity contribution in [2.24, 2.45) is 0 Å². The highest BCUT2D eigenvalue weighted by atomic mass is 16.5. The highest BCUT2D eigenvalue weighted by Crippen LogP contribution is 2.48. The smallest absolute Gasteiger partial charge is 0.135 e. The predicted octanol–water partition coefficient (Wildman–Crippen LogP) is 10.5. The number of nitrogens with zero attached hydrogens (tertiary/aromatic N) is 1. The van der Waals surface area contributed by atoms with Gasteiger partial charge in [0.05, 0.1) is 11.0 Å². The molecule has 0 amide bonds. The minimum atomic E-state index is 0.916. The van der Waals surface area contributed by atoms with Gasteiger partial charge in [0.25, 0.3) is 0 Å². The molecule has 0 N–H and O–H groups in total. The summed E-state index contributed by atoms with van der Waals surface area (Å²) in [5, 5.41) is 7.41. The Morgan fingerprint density at radius 3 is 2.17 bits per heavy atom. The first-order valence-corrected chi connectivity index (χ1v) is 13.7. The summed E-state index contributed by atoms with van der Waals surface area (Å²) < 4.78 is 8.72. The lowest BCUT2D eigenvalue weighted by atomic mass is 9.90. The second-order valence-corrected chi connectivity index (χ2v) is 10.6. The third-order valence-electron chi connectivity index (χ3n) is 8.36. The van der Waals surface area contributed by atoms with Crippen molar-refractivity contribution >= 4 is 43.4 Å². The molecule has 2 heteroatoms. The lowest BCUT2D eigenvalue weighted by Crippen LogP contribution is -1.97. The summed E-state index contributed by atoms with van der Waals surface area (Å²) in [7, 11) is 0. The Labute approximate surface area is 231 Å². The van der Waals surface area contributed by atoms with E-state index in [4.69, 9.17) is 4.74 Å². The van der Waals surface area contributed by atoms with Gasteiger partial charge in [-0.15, -0.1) is 0 Å². The molecule has 0 saturated heterocycles. The van der Waals surface area contributed by atoms with Crippen molar-refractivity contribution < 1.29 is 4.74 Å². The van der Waals surface area contributed by atoms with Crippen molar-refractivity contribution in [2.75, 3.05) is 0 Å². The van der Waals surface area contributed by atoms with Gasteiger partial charge in [-0.3, -0.25) is 0 Å². The van der Waals surface area contributed by atoms with Crippen LogP contribution in [-0.4, -0.2) is 4.57 Å². The maximum Gasteiger partial charge on any atom is 0.135 e. The van der Waals surface area contributed by atoms with Crippen LogP contribution in [0.5, 0.6) is 11.5 Å². The average molecular weight is 510 g/mol. The molecule has 40 heavy (non-hydrogen) atoms. The van der Waals surface area contributed by atoms with Gasteiger partial charge < -0.3 is 9.30 Å². The highest BCUT2D eigenvalue weighted by molar-refractivity contribution is 6.15. The normalized spacial score (nSPS) is 12.2. The number of benzene rings is 7. The van der Waals surface area contributed by atoms with Crippen LogP contribution in [0.25, 0.3) is 71.3 Å². The molecule has 0 unspecified atom stereocenters. The predicted molar refractivity (Wildman–Crippen MR) is 167 cm³/mol. The zero-order chi connectivity index (χ0) is 26.2. The summed E-state index contributed by atoms with van der Waals surface area (Å²) in [6.45, 7) is 0. The van der Waals surface area contributed by atoms with Crippen LogP contribution in [-0.2, 0) is 0 Å². The van der Waals surface area contributed by atoms with E-state index >= 15 is 0 Å². The van der Waals surface area contributed by atoms with Gasteiger partial charge in [0.2, 0.25) is 0 Å². The maximum absolute atomic E-state index is 6.34. The quantitative estimate of drug-likeness (QED) is 0.226. The first-order valence-electron chi connectivity index (χ1n) is 13.7. The molecule has 8 aromatic rings. The van der Waals surface area contributed by atoms with E-state index in [0.717, 1.165) is 17.1 Å². The largest absolute Gasteiger partial charge is 0.456 e. The van der Waals surface area contributed by atoms with Crippen LogP contribution in [0.4, 0.5) is 0 Å². The van der Waals surface area contributed by atoms with Crippen molar-refractivity contribution in [3.05, 3.63) is 140 Å². The second kappa shape index (κ2) is 8.08. The summed E-state index contributed by atoms with van der Waals surface area (Å²) in [4.78, 5) is 0. The SMILES string of the molecule is c1ccc(-n2c3ccccc3c3cc4ccc(-c5ccc6c7c(cccc57)-c5ccccc5O6)cc4cc32)cc1. The molecule has 0 saturated carbocycles. The van der Waals surface area contributed by atoms with Gasteiger partial charge in [0.15, 0.2) is 0 Å². The first kappa shape index (κ1) is 21.6. The van der Waals surface area contributed by atoms with Gasteiger partial charge in [0, 0.05) is 27.4 Å². The highest BCUT2D eigenvalue weighted by Gasteiger charge is 2.21. The van der Waals surface area contributed by atoms with Crippen LogP contribution in [0.3, 0.4) is 0 Å². The number of rotatable bonds is 2. The monoisotopic (exact) mass is 509 g/mol. The third-order valence-corrected chi connectivity index (χ3v) is 8.36. The summed E-state index contributed by atoms with van der Waals surface area (Å²) in [6.07, 6.45) is 0. The van der Waals surface area contributed by atoms with Crippen molar-refractivity contribution in [1.82, 2.24) is 4.57 Å². The van der Waals surface area contributed by atoms with Gasteiger partial charge >= 0.3 is 0 Å². The fraction of sp³-hybridized carbons (Fsp3) is 0. The first-order chi connectivity index (χ1) is 19.8. The van der Waals surface area contributed by atoms with Crippen molar-refractivity contribution in [1.29, 1.82) is 0 Å². The van der Waals surface area contributed by atoms with Gasteiger partial charge in [-0.1, -0.05) is 91.0 Å². The number of fused-ring (bicyclic) bond motifs is 6. The fourth-order valence-electron chi connectivity index (χ4n) is 6.57. The Morgan fingerprint density at radius 1 is 0.425 bits per heavy atom. The molecule has 9 rings (SSSR count). The minimum absolute atomic E-state index is 0.916. The van der Waals surface area contributed by atoms with Crippen molar-refractivity contribution in [3.63, 3.8) is 0 Å². The molecule has 0 spiro atoms. The molecule has 1 aliphatic rings. The summed E-state index contributed by atoms with van der Waals surface area (Å²) in [6, 6.07) is 50.1. The van der Waals surface area contributed by atoms with E-state index < -0.39 is 0 Å². The number of hydrogen-bond acceptors (Lipinski definition) is 1. The summed E-state index contributed by atoms with van der Waals surface area (Å²) in [5.74, 6) is 1.83. The minimum Gasteiger partial charge on any atom is -0.456 e. The second-order valence-electron chi connectivity index (χ2n) is 10.6. The third kappa shape index (κ3) is 2.99.